The van der Waals surface area contributed by atoms with Gasteiger partial charge in [0.1, 0.15) is 5.75 Å². The van der Waals surface area contributed by atoms with Gasteiger partial charge in [0.25, 0.3) is 0 Å². The number of methoxy groups -OCH3 is 1. The van der Waals surface area contributed by atoms with Gasteiger partial charge in [-0.1, -0.05) is 12.1 Å². The summed E-state index contributed by atoms with van der Waals surface area (Å²) < 4.78 is 5.07. The van der Waals surface area contributed by atoms with Gasteiger partial charge in [0.2, 0.25) is 5.91 Å². The van der Waals surface area contributed by atoms with Gasteiger partial charge < -0.3 is 15.2 Å². The number of carbonyl (C=O) groups excluding carboxylic acids is 1. The first-order valence-electron chi connectivity index (χ1n) is 6.20. The third-order valence-electron chi connectivity index (χ3n) is 3.42. The molecule has 1 amide bonds. The first-order valence-corrected chi connectivity index (χ1v) is 6.20. The zero-order valence-corrected chi connectivity index (χ0v) is 10.9. The number of hydrogen-bond donors (Lipinski definition) is 2. The maximum absolute atomic E-state index is 11.8. The maximum Gasteiger partial charge on any atom is 0.307 e. The van der Waals surface area contributed by atoms with Crippen molar-refractivity contribution in [1.29, 1.82) is 0 Å². The molecule has 5 heteroatoms. The van der Waals surface area contributed by atoms with Gasteiger partial charge in [-0.2, -0.15) is 0 Å². The third-order valence-corrected chi connectivity index (χ3v) is 3.42. The van der Waals surface area contributed by atoms with E-state index in [0.29, 0.717) is 6.42 Å². The molecule has 0 heterocycles. The van der Waals surface area contributed by atoms with Crippen LogP contribution in [0.2, 0.25) is 0 Å². The second kappa shape index (κ2) is 5.30. The highest BCUT2D eigenvalue weighted by Crippen LogP contribution is 2.39. The van der Waals surface area contributed by atoms with Crippen LogP contribution >= 0.6 is 0 Å². The summed E-state index contributed by atoms with van der Waals surface area (Å²) in [5, 5.41) is 11.6. The Hall–Kier alpha value is -2.04. The number of benzene rings is 1. The zero-order chi connectivity index (χ0) is 14.0. The summed E-state index contributed by atoms with van der Waals surface area (Å²) in [4.78, 5) is 22.5. The quantitative estimate of drug-likeness (QED) is 0.846. The van der Waals surface area contributed by atoms with Gasteiger partial charge >= 0.3 is 5.97 Å². The summed E-state index contributed by atoms with van der Waals surface area (Å²) in [6.07, 6.45) is 0.441. The van der Waals surface area contributed by atoms with Crippen LogP contribution in [0.4, 0.5) is 0 Å². The Morgan fingerprint density at radius 2 is 1.95 bits per heavy atom. The highest BCUT2D eigenvalue weighted by atomic mass is 16.5. The minimum atomic E-state index is -0.891. The van der Waals surface area contributed by atoms with Gasteiger partial charge in [-0.05, 0) is 31.0 Å². The molecule has 0 aliphatic heterocycles. The van der Waals surface area contributed by atoms with E-state index in [4.69, 9.17) is 9.84 Å². The minimum absolute atomic E-state index is 0.145. The van der Waals surface area contributed by atoms with E-state index < -0.39 is 11.9 Å². The number of nitrogens with one attached hydrogen (secondary N) is 1. The van der Waals surface area contributed by atoms with E-state index in [9.17, 15) is 9.59 Å². The van der Waals surface area contributed by atoms with Crippen molar-refractivity contribution in [3.63, 3.8) is 0 Å². The van der Waals surface area contributed by atoms with E-state index in [0.717, 1.165) is 11.3 Å². The normalized spacial score (nSPS) is 22.4. The molecule has 0 spiro atoms. The highest BCUT2D eigenvalue weighted by Gasteiger charge is 2.48. The summed E-state index contributed by atoms with van der Waals surface area (Å²) in [6, 6.07) is 7.27. The van der Waals surface area contributed by atoms with Crippen molar-refractivity contribution in [2.75, 3.05) is 7.11 Å². The molecule has 2 N–H and O–H groups in total. The van der Waals surface area contributed by atoms with Crippen molar-refractivity contribution in [2.24, 2.45) is 11.8 Å². The Morgan fingerprint density at radius 1 is 1.32 bits per heavy atom. The molecule has 5 nitrogen and oxygen atoms in total. The maximum atomic E-state index is 11.8. The summed E-state index contributed by atoms with van der Waals surface area (Å²) >= 11 is 0. The summed E-state index contributed by atoms with van der Waals surface area (Å²) in [5.74, 6) is -1.20. The Labute approximate surface area is 111 Å². The average Bonchev–Trinajstić information content (AvgIpc) is 3.19. The van der Waals surface area contributed by atoms with Crippen LogP contribution in [0.3, 0.4) is 0 Å². The molecule has 1 fully saturated rings. The second-order valence-electron chi connectivity index (χ2n) is 4.79. The molecule has 1 aliphatic rings. The molecule has 0 saturated heterocycles. The number of rotatable bonds is 5. The Balaban J connectivity index is 1.91. The highest BCUT2D eigenvalue weighted by molar-refractivity contribution is 5.89. The second-order valence-corrected chi connectivity index (χ2v) is 4.79. The molecule has 0 radical (unpaired) electrons. The monoisotopic (exact) mass is 263 g/mol. The lowest BCUT2D eigenvalue weighted by atomic mass is 10.1. The van der Waals surface area contributed by atoms with Crippen LogP contribution in [-0.4, -0.2) is 24.1 Å². The van der Waals surface area contributed by atoms with Gasteiger partial charge in [-0.3, -0.25) is 9.59 Å². The number of aliphatic carboxylic acids is 1. The third kappa shape index (κ3) is 3.05. The first-order chi connectivity index (χ1) is 9.02. The van der Waals surface area contributed by atoms with Crippen molar-refractivity contribution in [1.82, 2.24) is 5.32 Å². The number of hydrogen-bond acceptors (Lipinski definition) is 3. The lowest BCUT2D eigenvalue weighted by Gasteiger charge is -2.14. The molecule has 0 bridgehead atoms. The molecule has 1 aromatic carbocycles. The molecule has 0 unspecified atom stereocenters. The van der Waals surface area contributed by atoms with Gasteiger partial charge in [-0.15, -0.1) is 0 Å². The van der Waals surface area contributed by atoms with E-state index in [-0.39, 0.29) is 17.9 Å². The minimum Gasteiger partial charge on any atom is -0.497 e. The molecule has 1 aliphatic carbocycles. The fourth-order valence-corrected chi connectivity index (χ4v) is 2.05. The molecule has 102 valence electrons. The Kier molecular flexibility index (Phi) is 3.74. The van der Waals surface area contributed by atoms with E-state index in [1.54, 1.807) is 7.11 Å². The van der Waals surface area contributed by atoms with E-state index in [1.165, 1.54) is 0 Å². The smallest absolute Gasteiger partial charge is 0.307 e. The number of carboxylic acids is 1. The fraction of sp³-hybridized carbons (Fsp3) is 0.429. The lowest BCUT2D eigenvalue weighted by molar-refractivity contribution is -0.140. The van der Waals surface area contributed by atoms with Crippen LogP contribution in [0.5, 0.6) is 5.75 Å². The standard InChI is InChI=1S/C14H17NO4/c1-8(9-3-5-10(19-2)6-4-9)15-13(16)11-7-12(11)14(17)18/h3-6,8,11-12H,7H2,1-2H3,(H,15,16)(H,17,18)/t8-,11+,12-/m0/s1. The van der Waals surface area contributed by atoms with E-state index in [2.05, 4.69) is 5.32 Å². The number of amides is 1. The van der Waals surface area contributed by atoms with Crippen LogP contribution < -0.4 is 10.1 Å². The summed E-state index contributed by atoms with van der Waals surface area (Å²) in [7, 11) is 1.60. The predicted octanol–water partition coefficient (Wildman–Crippen LogP) is 1.59. The van der Waals surface area contributed by atoms with Gasteiger partial charge in [-0.25, -0.2) is 0 Å². The largest absolute Gasteiger partial charge is 0.497 e. The molecular formula is C14H17NO4. The lowest BCUT2D eigenvalue weighted by Crippen LogP contribution is -2.29. The number of ether oxygens (including phenoxy) is 1. The molecule has 1 aromatic rings. The molecule has 0 aromatic heterocycles. The SMILES string of the molecule is COc1ccc([C@H](C)NC(=O)[C@@H]2C[C@@H]2C(=O)O)cc1. The van der Waals surface area contributed by atoms with Crippen molar-refractivity contribution in [3.8, 4) is 5.75 Å². The van der Waals surface area contributed by atoms with Crippen LogP contribution in [0.15, 0.2) is 24.3 Å². The van der Waals surface area contributed by atoms with E-state index >= 15 is 0 Å². The molecule has 1 saturated carbocycles. The van der Waals surface area contributed by atoms with Gasteiger partial charge in [0.05, 0.1) is 25.0 Å². The van der Waals surface area contributed by atoms with Crippen molar-refractivity contribution >= 4 is 11.9 Å². The Morgan fingerprint density at radius 3 is 2.42 bits per heavy atom. The topological polar surface area (TPSA) is 75.6 Å². The van der Waals surface area contributed by atoms with Crippen LogP contribution in [0, 0.1) is 11.8 Å². The van der Waals surface area contributed by atoms with E-state index in [1.807, 2.05) is 31.2 Å². The van der Waals surface area contributed by atoms with Crippen molar-refractivity contribution in [2.45, 2.75) is 19.4 Å². The molecular weight excluding hydrogens is 246 g/mol. The number of carbonyl (C=O) groups is 2. The molecule has 3 atom stereocenters. The Bertz CT molecular complexity index is 483. The number of carboxylic acid groups (broad SMARTS) is 1. The van der Waals surface area contributed by atoms with Gasteiger partial charge in [0, 0.05) is 0 Å². The average molecular weight is 263 g/mol. The van der Waals surface area contributed by atoms with Crippen LogP contribution in [0.1, 0.15) is 24.9 Å². The van der Waals surface area contributed by atoms with Crippen molar-refractivity contribution < 1.29 is 19.4 Å². The van der Waals surface area contributed by atoms with Crippen molar-refractivity contribution in [3.05, 3.63) is 29.8 Å². The zero-order valence-electron chi connectivity index (χ0n) is 10.9. The molecule has 2 rings (SSSR count). The predicted molar refractivity (Wildman–Crippen MR) is 68.8 cm³/mol. The van der Waals surface area contributed by atoms with Crippen LogP contribution in [-0.2, 0) is 9.59 Å². The molecule has 19 heavy (non-hydrogen) atoms. The summed E-state index contributed by atoms with van der Waals surface area (Å²) in [5.41, 5.74) is 0.960. The first kappa shape index (κ1) is 13.4. The van der Waals surface area contributed by atoms with Crippen LogP contribution in [0.25, 0.3) is 0 Å². The van der Waals surface area contributed by atoms with Gasteiger partial charge in [0.15, 0.2) is 0 Å². The fourth-order valence-electron chi connectivity index (χ4n) is 2.05. The summed E-state index contributed by atoms with van der Waals surface area (Å²) in [6.45, 7) is 1.87.